The van der Waals surface area contributed by atoms with Crippen LogP contribution in [0.1, 0.15) is 58.7 Å². The Morgan fingerprint density at radius 3 is 2.47 bits per heavy atom. The van der Waals surface area contributed by atoms with Crippen molar-refractivity contribution in [3.05, 3.63) is 49.4 Å². The first kappa shape index (κ1) is 22.4. The van der Waals surface area contributed by atoms with Crippen LogP contribution in [0.25, 0.3) is 0 Å². The highest BCUT2D eigenvalue weighted by molar-refractivity contribution is 7.11. The molecule has 30 heavy (non-hydrogen) atoms. The van der Waals surface area contributed by atoms with Gasteiger partial charge in [-0.3, -0.25) is 0 Å². The molecule has 4 N–H and O–H groups in total. The Kier molecular flexibility index (Phi) is 7.01. The highest BCUT2D eigenvalue weighted by atomic mass is 35.5. The summed E-state index contributed by atoms with van der Waals surface area (Å²) < 4.78 is 5.66. The molecule has 164 valence electrons. The normalized spacial score (nSPS) is 30.1. The van der Waals surface area contributed by atoms with Crippen LogP contribution >= 0.6 is 34.5 Å². The third-order valence-corrected chi connectivity index (χ3v) is 7.87. The first-order valence-electron chi connectivity index (χ1n) is 10.1. The lowest BCUT2D eigenvalue weighted by molar-refractivity contribution is -0.231. The number of rotatable bonds is 5. The van der Waals surface area contributed by atoms with Gasteiger partial charge in [-0.15, -0.1) is 11.3 Å². The highest BCUT2D eigenvalue weighted by Gasteiger charge is 2.44. The number of hydrogen-bond donors (Lipinski definition) is 4. The Hall–Kier alpha value is -0.770. The quantitative estimate of drug-likeness (QED) is 0.531. The number of aliphatic hydroxyl groups excluding tert-OH is 4. The number of thiazole rings is 1. The van der Waals surface area contributed by atoms with Crippen LogP contribution in [0.2, 0.25) is 10.0 Å². The van der Waals surface area contributed by atoms with E-state index >= 15 is 0 Å². The molecule has 2 heterocycles. The van der Waals surface area contributed by atoms with E-state index in [4.69, 9.17) is 27.9 Å². The fraction of sp³-hybridized carbons (Fsp3) is 0.571. The fourth-order valence-corrected chi connectivity index (χ4v) is 5.96. The standard InChI is InChI=1S/C21H25Cl2NO5S/c22-13-7-14(23)12(21-20(28)19(27)18(26)15(9-25)29-21)5-11(13)6-17-24-8-16(30-17)10-3-1-2-4-10/h5,7-8,10,15,18-21,25-28H,1-4,6,9H2/t15-,18-,19+,20-,21+/m1/s1. The molecule has 1 saturated heterocycles. The van der Waals surface area contributed by atoms with Gasteiger partial charge in [0.1, 0.15) is 30.5 Å². The molecule has 0 bridgehead atoms. The fourth-order valence-electron chi connectivity index (χ4n) is 4.29. The summed E-state index contributed by atoms with van der Waals surface area (Å²) in [7, 11) is 0. The average Bonchev–Trinajstić information content (AvgIpc) is 3.41. The van der Waals surface area contributed by atoms with Gasteiger partial charge in [0.25, 0.3) is 0 Å². The van der Waals surface area contributed by atoms with Crippen LogP contribution in [0.3, 0.4) is 0 Å². The molecule has 2 aliphatic rings. The number of hydrogen-bond acceptors (Lipinski definition) is 7. The van der Waals surface area contributed by atoms with E-state index in [1.54, 1.807) is 23.5 Å². The summed E-state index contributed by atoms with van der Waals surface area (Å²) in [5.41, 5.74) is 1.22. The van der Waals surface area contributed by atoms with Gasteiger partial charge < -0.3 is 25.2 Å². The minimum atomic E-state index is -1.47. The summed E-state index contributed by atoms with van der Waals surface area (Å²) in [6.45, 7) is -0.497. The van der Waals surface area contributed by atoms with E-state index < -0.39 is 37.1 Å². The Morgan fingerprint density at radius 2 is 1.77 bits per heavy atom. The average molecular weight is 474 g/mol. The van der Waals surface area contributed by atoms with Crippen LogP contribution < -0.4 is 0 Å². The molecule has 0 radical (unpaired) electrons. The van der Waals surface area contributed by atoms with Gasteiger partial charge in [0, 0.05) is 33.1 Å². The van der Waals surface area contributed by atoms with Gasteiger partial charge >= 0.3 is 0 Å². The second-order valence-electron chi connectivity index (χ2n) is 8.03. The van der Waals surface area contributed by atoms with Gasteiger partial charge in [-0.05, 0) is 36.5 Å². The molecule has 1 aromatic heterocycles. The van der Waals surface area contributed by atoms with Crippen molar-refractivity contribution in [2.45, 2.75) is 68.5 Å². The van der Waals surface area contributed by atoms with Gasteiger partial charge in [0.05, 0.1) is 11.6 Å². The summed E-state index contributed by atoms with van der Waals surface area (Å²) in [6.07, 6.45) is 1.13. The first-order valence-corrected chi connectivity index (χ1v) is 11.7. The van der Waals surface area contributed by atoms with Crippen molar-refractivity contribution in [1.82, 2.24) is 4.98 Å². The molecule has 4 rings (SSSR count). The minimum Gasteiger partial charge on any atom is -0.394 e. The van der Waals surface area contributed by atoms with Crippen LogP contribution in [-0.2, 0) is 11.2 Å². The van der Waals surface area contributed by atoms with Crippen molar-refractivity contribution in [2.24, 2.45) is 0 Å². The predicted octanol–water partition coefficient (Wildman–Crippen LogP) is 3.21. The molecular weight excluding hydrogens is 449 g/mol. The van der Waals surface area contributed by atoms with E-state index in [9.17, 15) is 20.4 Å². The molecule has 0 spiro atoms. The third-order valence-electron chi connectivity index (χ3n) is 6.04. The first-order chi connectivity index (χ1) is 14.4. The van der Waals surface area contributed by atoms with E-state index in [-0.39, 0.29) is 5.02 Å². The van der Waals surface area contributed by atoms with Gasteiger partial charge in [-0.2, -0.15) is 0 Å². The zero-order chi connectivity index (χ0) is 21.4. The highest BCUT2D eigenvalue weighted by Crippen LogP contribution is 2.40. The smallest absolute Gasteiger partial charge is 0.113 e. The van der Waals surface area contributed by atoms with Crippen LogP contribution in [0.5, 0.6) is 0 Å². The lowest BCUT2D eigenvalue weighted by Crippen LogP contribution is -2.55. The molecule has 1 aliphatic heterocycles. The van der Waals surface area contributed by atoms with E-state index in [1.807, 2.05) is 6.20 Å². The van der Waals surface area contributed by atoms with E-state index in [0.29, 0.717) is 22.9 Å². The maximum Gasteiger partial charge on any atom is 0.113 e. The maximum atomic E-state index is 10.5. The number of aliphatic hydroxyl groups is 4. The number of benzene rings is 1. The van der Waals surface area contributed by atoms with E-state index in [1.165, 1.54) is 30.6 Å². The molecule has 1 aliphatic carbocycles. The van der Waals surface area contributed by atoms with Crippen molar-refractivity contribution in [3.8, 4) is 0 Å². The lowest BCUT2D eigenvalue weighted by Gasteiger charge is -2.40. The van der Waals surface area contributed by atoms with Crippen LogP contribution in [0.4, 0.5) is 0 Å². The Bertz CT molecular complexity index is 886. The van der Waals surface area contributed by atoms with Crippen molar-refractivity contribution < 1.29 is 25.2 Å². The molecule has 2 fully saturated rings. The monoisotopic (exact) mass is 473 g/mol. The van der Waals surface area contributed by atoms with Gasteiger partial charge in [-0.25, -0.2) is 4.98 Å². The molecule has 1 saturated carbocycles. The second-order valence-corrected chi connectivity index (χ2v) is 9.99. The number of aromatic nitrogens is 1. The summed E-state index contributed by atoms with van der Waals surface area (Å²) in [5.74, 6) is 0.599. The molecule has 5 atom stereocenters. The Morgan fingerprint density at radius 1 is 1.03 bits per heavy atom. The molecule has 0 amide bonds. The van der Waals surface area contributed by atoms with Crippen molar-refractivity contribution >= 4 is 34.5 Å². The largest absolute Gasteiger partial charge is 0.394 e. The minimum absolute atomic E-state index is 0.277. The summed E-state index contributed by atoms with van der Waals surface area (Å²) >= 11 is 14.5. The van der Waals surface area contributed by atoms with Gasteiger partial charge in [-0.1, -0.05) is 36.0 Å². The van der Waals surface area contributed by atoms with Crippen molar-refractivity contribution in [3.63, 3.8) is 0 Å². The van der Waals surface area contributed by atoms with Crippen molar-refractivity contribution in [2.75, 3.05) is 6.61 Å². The van der Waals surface area contributed by atoms with E-state index in [0.717, 1.165) is 10.6 Å². The topological polar surface area (TPSA) is 103 Å². The molecule has 9 heteroatoms. The summed E-state index contributed by atoms with van der Waals surface area (Å²) in [4.78, 5) is 5.87. The summed E-state index contributed by atoms with van der Waals surface area (Å²) in [5, 5.41) is 41.7. The SMILES string of the molecule is OC[C@H]1O[C@@H](c2cc(Cc3ncc(C4CCCC4)s3)c(Cl)cc2Cl)[C@H](O)[C@@H](O)[C@@H]1O. The molecule has 6 nitrogen and oxygen atoms in total. The molecular formula is C21H25Cl2NO5S. The van der Waals surface area contributed by atoms with Gasteiger partial charge in [0.15, 0.2) is 0 Å². The maximum absolute atomic E-state index is 10.5. The predicted molar refractivity (Wildman–Crippen MR) is 115 cm³/mol. The zero-order valence-electron chi connectivity index (χ0n) is 16.2. The molecule has 0 unspecified atom stereocenters. The van der Waals surface area contributed by atoms with Crippen LogP contribution in [-0.4, -0.2) is 56.4 Å². The number of halogens is 2. The lowest BCUT2D eigenvalue weighted by atomic mass is 9.90. The van der Waals surface area contributed by atoms with Gasteiger partial charge in [0.2, 0.25) is 0 Å². The number of ether oxygens (including phenoxy) is 1. The van der Waals surface area contributed by atoms with Crippen molar-refractivity contribution in [1.29, 1.82) is 0 Å². The van der Waals surface area contributed by atoms with Crippen LogP contribution in [0, 0.1) is 0 Å². The van der Waals surface area contributed by atoms with Crippen LogP contribution in [0.15, 0.2) is 18.3 Å². The molecule has 1 aromatic carbocycles. The second kappa shape index (κ2) is 9.38. The molecule has 2 aromatic rings. The Balaban J connectivity index is 1.59. The third kappa shape index (κ3) is 4.40. The van der Waals surface area contributed by atoms with E-state index in [2.05, 4.69) is 4.98 Å². The zero-order valence-corrected chi connectivity index (χ0v) is 18.6. The Labute approximate surface area is 189 Å². The number of nitrogens with zero attached hydrogens (tertiary/aromatic N) is 1. The summed E-state index contributed by atoms with van der Waals surface area (Å²) in [6, 6.07) is 3.33.